The highest BCUT2D eigenvalue weighted by atomic mass is 16.5. The predicted octanol–water partition coefficient (Wildman–Crippen LogP) is 0.673. The van der Waals surface area contributed by atoms with Crippen LogP contribution >= 0.6 is 0 Å². The van der Waals surface area contributed by atoms with Gasteiger partial charge in [-0.15, -0.1) is 0 Å². The summed E-state index contributed by atoms with van der Waals surface area (Å²) >= 11 is 0. The van der Waals surface area contributed by atoms with E-state index in [1.807, 2.05) is 0 Å². The molecule has 16 heavy (non-hydrogen) atoms. The molecule has 0 aliphatic rings. The third kappa shape index (κ3) is 1.90. The fourth-order valence-corrected chi connectivity index (χ4v) is 1.42. The number of aromatic nitrogens is 2. The zero-order chi connectivity index (χ0) is 11.5. The highest BCUT2D eigenvalue weighted by molar-refractivity contribution is 5.88. The molecule has 0 bridgehead atoms. The van der Waals surface area contributed by atoms with Gasteiger partial charge in [0.1, 0.15) is 11.5 Å². The lowest BCUT2D eigenvalue weighted by atomic mass is 10.2. The summed E-state index contributed by atoms with van der Waals surface area (Å²) in [4.78, 5) is 27.4. The van der Waals surface area contributed by atoms with Crippen molar-refractivity contribution in [2.24, 2.45) is 0 Å². The molecule has 0 saturated heterocycles. The molecule has 2 heterocycles. The number of hydrogen-bond donors (Lipinski definition) is 2. The number of rotatable bonds is 3. The third-order valence-corrected chi connectivity index (χ3v) is 2.13. The summed E-state index contributed by atoms with van der Waals surface area (Å²) in [5.74, 6) is 0.0697. The van der Waals surface area contributed by atoms with E-state index >= 15 is 0 Å². The van der Waals surface area contributed by atoms with Crippen LogP contribution in [0.15, 0.2) is 27.6 Å². The Balaban J connectivity index is 2.33. The van der Waals surface area contributed by atoms with E-state index in [-0.39, 0.29) is 5.69 Å². The van der Waals surface area contributed by atoms with Crippen molar-refractivity contribution >= 4 is 5.97 Å². The lowest BCUT2D eigenvalue weighted by Gasteiger charge is -1.99. The molecule has 2 aromatic rings. The van der Waals surface area contributed by atoms with Crippen molar-refractivity contribution in [1.82, 2.24) is 9.97 Å². The molecule has 0 aliphatic carbocycles. The average molecular weight is 222 g/mol. The van der Waals surface area contributed by atoms with Crippen molar-refractivity contribution in [3.8, 4) is 0 Å². The molecule has 2 N–H and O–H groups in total. The van der Waals surface area contributed by atoms with Gasteiger partial charge in [0.2, 0.25) is 0 Å². The first-order chi connectivity index (χ1) is 7.70. The Morgan fingerprint density at radius 1 is 1.50 bits per heavy atom. The zero-order valence-electron chi connectivity index (χ0n) is 8.57. The minimum atomic E-state index is -0.583. The Kier molecular flexibility index (Phi) is 2.63. The highest BCUT2D eigenvalue weighted by Gasteiger charge is 2.16. The van der Waals surface area contributed by atoms with Crippen LogP contribution in [0.1, 0.15) is 21.9 Å². The van der Waals surface area contributed by atoms with Crippen molar-refractivity contribution in [3.05, 3.63) is 46.0 Å². The molecule has 0 radical (unpaired) electrons. The third-order valence-electron chi connectivity index (χ3n) is 2.13. The predicted molar refractivity (Wildman–Crippen MR) is 54.3 cm³/mol. The molecule has 0 spiro atoms. The van der Waals surface area contributed by atoms with Crippen LogP contribution in [0.25, 0.3) is 0 Å². The number of imidazole rings is 1. The van der Waals surface area contributed by atoms with E-state index < -0.39 is 11.7 Å². The van der Waals surface area contributed by atoms with E-state index in [2.05, 4.69) is 14.7 Å². The second kappa shape index (κ2) is 4.09. The number of methoxy groups -OCH3 is 1. The Bertz CT molecular complexity index is 535. The SMILES string of the molecule is COC(=O)c1[nH]c(=O)[nH]c1Cc1ccco1. The van der Waals surface area contributed by atoms with Gasteiger partial charge in [-0.2, -0.15) is 0 Å². The van der Waals surface area contributed by atoms with Gasteiger partial charge >= 0.3 is 11.7 Å². The Labute approximate surface area is 90.2 Å². The summed E-state index contributed by atoms with van der Waals surface area (Å²) in [5, 5.41) is 0. The molecule has 84 valence electrons. The van der Waals surface area contributed by atoms with Gasteiger partial charge in [0, 0.05) is 6.42 Å². The lowest BCUT2D eigenvalue weighted by Crippen LogP contribution is -2.07. The van der Waals surface area contributed by atoms with Gasteiger partial charge in [-0.3, -0.25) is 4.98 Å². The largest absolute Gasteiger partial charge is 0.469 e. The zero-order valence-corrected chi connectivity index (χ0v) is 8.57. The molecule has 6 heteroatoms. The van der Waals surface area contributed by atoms with Crippen molar-refractivity contribution < 1.29 is 13.9 Å². The Morgan fingerprint density at radius 3 is 2.94 bits per heavy atom. The monoisotopic (exact) mass is 222 g/mol. The second-order valence-corrected chi connectivity index (χ2v) is 3.18. The number of carbonyl (C=O) groups is 1. The number of nitrogens with one attached hydrogen (secondary N) is 2. The number of H-pyrrole nitrogens is 2. The molecule has 2 rings (SSSR count). The first-order valence-electron chi connectivity index (χ1n) is 4.62. The fraction of sp³-hybridized carbons (Fsp3) is 0.200. The lowest BCUT2D eigenvalue weighted by molar-refractivity contribution is 0.0593. The molecule has 0 aromatic carbocycles. The van der Waals surface area contributed by atoms with Crippen LogP contribution in [0.5, 0.6) is 0 Å². The van der Waals surface area contributed by atoms with Crippen LogP contribution in [0.2, 0.25) is 0 Å². The van der Waals surface area contributed by atoms with E-state index in [1.54, 1.807) is 12.1 Å². The number of ether oxygens (including phenoxy) is 1. The van der Waals surface area contributed by atoms with E-state index in [0.717, 1.165) is 0 Å². The second-order valence-electron chi connectivity index (χ2n) is 3.18. The Morgan fingerprint density at radius 2 is 2.31 bits per heavy atom. The molecule has 0 atom stereocenters. The molecule has 0 saturated carbocycles. The van der Waals surface area contributed by atoms with Crippen molar-refractivity contribution in [2.45, 2.75) is 6.42 Å². The molecule has 6 nitrogen and oxygen atoms in total. The van der Waals surface area contributed by atoms with Gasteiger partial charge in [-0.1, -0.05) is 0 Å². The number of carbonyl (C=O) groups excluding carboxylic acids is 1. The first kappa shape index (κ1) is 10.3. The average Bonchev–Trinajstić information content (AvgIpc) is 2.88. The quantitative estimate of drug-likeness (QED) is 0.747. The standard InChI is InChI=1S/C10H10N2O4/c1-15-9(13)8-7(11-10(14)12-8)5-6-3-2-4-16-6/h2-4H,5H2,1H3,(H2,11,12,14). The Hall–Kier alpha value is -2.24. The van der Waals surface area contributed by atoms with Gasteiger partial charge < -0.3 is 14.1 Å². The molecule has 0 amide bonds. The van der Waals surface area contributed by atoms with Crippen molar-refractivity contribution in [3.63, 3.8) is 0 Å². The molecule has 0 aliphatic heterocycles. The summed E-state index contributed by atoms with van der Waals surface area (Å²) < 4.78 is 9.68. The molecular formula is C10H10N2O4. The molecule has 2 aromatic heterocycles. The van der Waals surface area contributed by atoms with Gasteiger partial charge in [-0.05, 0) is 12.1 Å². The highest BCUT2D eigenvalue weighted by Crippen LogP contribution is 2.10. The van der Waals surface area contributed by atoms with E-state index in [0.29, 0.717) is 17.9 Å². The first-order valence-corrected chi connectivity index (χ1v) is 4.62. The maximum atomic E-state index is 11.3. The number of hydrogen-bond acceptors (Lipinski definition) is 4. The van der Waals surface area contributed by atoms with Crippen LogP contribution in [0.3, 0.4) is 0 Å². The summed E-state index contributed by atoms with van der Waals surface area (Å²) in [6, 6.07) is 3.49. The number of esters is 1. The van der Waals surface area contributed by atoms with Crippen molar-refractivity contribution in [2.75, 3.05) is 7.11 Å². The number of furan rings is 1. The maximum absolute atomic E-state index is 11.3. The summed E-state index contributed by atoms with van der Waals surface area (Å²) in [5.41, 5.74) is 0.137. The molecule has 0 unspecified atom stereocenters. The van der Waals surface area contributed by atoms with E-state index in [1.165, 1.54) is 13.4 Å². The van der Waals surface area contributed by atoms with Crippen LogP contribution in [0.4, 0.5) is 0 Å². The van der Waals surface area contributed by atoms with Crippen molar-refractivity contribution in [1.29, 1.82) is 0 Å². The summed E-state index contributed by atoms with van der Waals surface area (Å²) in [6.45, 7) is 0. The van der Waals surface area contributed by atoms with E-state index in [4.69, 9.17) is 4.42 Å². The van der Waals surface area contributed by atoms with Gasteiger partial charge in [0.15, 0.2) is 0 Å². The fourth-order valence-electron chi connectivity index (χ4n) is 1.42. The van der Waals surface area contributed by atoms with Gasteiger partial charge in [-0.25, -0.2) is 9.59 Å². The topological polar surface area (TPSA) is 88.1 Å². The van der Waals surface area contributed by atoms with Gasteiger partial charge in [0.05, 0.1) is 19.1 Å². The normalized spacial score (nSPS) is 10.3. The minimum absolute atomic E-state index is 0.129. The van der Waals surface area contributed by atoms with Crippen LogP contribution < -0.4 is 5.69 Å². The van der Waals surface area contributed by atoms with Gasteiger partial charge in [0.25, 0.3) is 0 Å². The van der Waals surface area contributed by atoms with Crippen LogP contribution in [-0.4, -0.2) is 23.0 Å². The molecular weight excluding hydrogens is 212 g/mol. The maximum Gasteiger partial charge on any atom is 0.356 e. The van der Waals surface area contributed by atoms with Crippen LogP contribution in [0, 0.1) is 0 Å². The summed E-state index contributed by atoms with van der Waals surface area (Å²) in [6.07, 6.45) is 1.86. The molecule has 0 fully saturated rings. The van der Waals surface area contributed by atoms with Crippen LogP contribution in [-0.2, 0) is 11.2 Å². The number of aromatic amines is 2. The minimum Gasteiger partial charge on any atom is -0.469 e. The van der Waals surface area contributed by atoms with E-state index in [9.17, 15) is 9.59 Å². The summed E-state index contributed by atoms with van der Waals surface area (Å²) in [7, 11) is 1.25. The smallest absolute Gasteiger partial charge is 0.356 e.